The maximum atomic E-state index is 12.9. The largest absolute Gasteiger partial charge is 0.497 e. The summed E-state index contributed by atoms with van der Waals surface area (Å²) in [6.45, 7) is 2.58. The highest BCUT2D eigenvalue weighted by atomic mass is 19.4. The van der Waals surface area contributed by atoms with Crippen LogP contribution in [0, 0.1) is 6.92 Å². The smallest absolute Gasteiger partial charge is 0.418 e. The van der Waals surface area contributed by atoms with Crippen molar-refractivity contribution >= 4 is 28.3 Å². The van der Waals surface area contributed by atoms with Gasteiger partial charge in [-0.15, -0.1) is 0 Å². The lowest BCUT2D eigenvalue weighted by Gasteiger charge is -2.19. The SMILES string of the molecule is COc1ccc(CN(C)c2cc3ncc(-c4cc(NC(=O)c5cncc([C@H](O)C(F)(F)F)c5)ccc4C)cc3cn2)cc1. The lowest BCUT2D eigenvalue weighted by molar-refractivity contribution is -0.206. The summed E-state index contributed by atoms with van der Waals surface area (Å²) in [5.41, 5.74) is 4.22. The Labute approximate surface area is 245 Å². The minimum absolute atomic E-state index is 0.117. The number of amides is 1. The van der Waals surface area contributed by atoms with Crippen LogP contribution in [0.1, 0.15) is 33.2 Å². The molecule has 220 valence electrons. The zero-order valence-corrected chi connectivity index (χ0v) is 23.6. The Hall–Kier alpha value is -5.03. The minimum atomic E-state index is -4.87. The molecule has 11 heteroatoms. The van der Waals surface area contributed by atoms with E-state index in [-0.39, 0.29) is 5.56 Å². The summed E-state index contributed by atoms with van der Waals surface area (Å²) in [6, 6.07) is 18.0. The molecule has 0 aliphatic rings. The first kappa shape index (κ1) is 29.5. The average Bonchev–Trinajstić information content (AvgIpc) is 3.01. The lowest BCUT2D eigenvalue weighted by Crippen LogP contribution is -2.21. The van der Waals surface area contributed by atoms with Gasteiger partial charge < -0.3 is 20.1 Å². The molecule has 1 atom stereocenters. The Morgan fingerprint density at radius 2 is 1.77 bits per heavy atom. The normalized spacial score (nSPS) is 12.2. The molecule has 43 heavy (non-hydrogen) atoms. The van der Waals surface area contributed by atoms with Crippen LogP contribution >= 0.6 is 0 Å². The van der Waals surface area contributed by atoms with Crippen molar-refractivity contribution in [3.8, 4) is 16.9 Å². The van der Waals surface area contributed by atoms with Crippen molar-refractivity contribution in [2.24, 2.45) is 0 Å². The molecule has 0 saturated carbocycles. The van der Waals surface area contributed by atoms with Gasteiger partial charge in [0.1, 0.15) is 11.6 Å². The second-order valence-electron chi connectivity index (χ2n) is 10.1. The average molecular weight is 588 g/mol. The highest BCUT2D eigenvalue weighted by molar-refractivity contribution is 6.04. The Morgan fingerprint density at radius 3 is 2.49 bits per heavy atom. The van der Waals surface area contributed by atoms with Crippen LogP contribution in [-0.4, -0.2) is 46.3 Å². The van der Waals surface area contributed by atoms with E-state index >= 15 is 0 Å². The summed E-state index contributed by atoms with van der Waals surface area (Å²) in [5, 5.41) is 13.1. The maximum Gasteiger partial charge on any atom is 0.418 e. The van der Waals surface area contributed by atoms with Crippen LogP contribution in [0.2, 0.25) is 0 Å². The standard InChI is InChI=1S/C32H28F3N5O3/c1-19-4-7-25(39-31(42)24-11-23(14-36-15-24)30(41)32(33,34)35)12-27(19)21-10-22-17-38-29(13-28(22)37-16-21)40(2)18-20-5-8-26(43-3)9-6-20/h4-17,30,41H,18H2,1-3H3,(H,39,42)/t30-/m0/s1. The number of fused-ring (bicyclic) bond motifs is 1. The van der Waals surface area contributed by atoms with Gasteiger partial charge in [-0.1, -0.05) is 18.2 Å². The van der Waals surface area contributed by atoms with E-state index in [4.69, 9.17) is 4.74 Å². The fourth-order valence-corrected chi connectivity index (χ4v) is 4.59. The first-order valence-corrected chi connectivity index (χ1v) is 13.2. The molecule has 0 aliphatic carbocycles. The monoisotopic (exact) mass is 587 g/mol. The molecular weight excluding hydrogens is 559 g/mol. The fraction of sp³-hybridized carbons (Fsp3) is 0.188. The quantitative estimate of drug-likeness (QED) is 0.214. The Balaban J connectivity index is 1.34. The molecule has 1 amide bonds. The molecule has 0 fully saturated rings. The first-order chi connectivity index (χ1) is 20.5. The van der Waals surface area contributed by atoms with E-state index in [0.29, 0.717) is 12.2 Å². The number of anilines is 2. The van der Waals surface area contributed by atoms with Crippen molar-refractivity contribution in [3.63, 3.8) is 0 Å². The molecule has 2 N–H and O–H groups in total. The van der Waals surface area contributed by atoms with E-state index in [1.54, 1.807) is 31.6 Å². The van der Waals surface area contributed by atoms with Gasteiger partial charge in [-0.05, 0) is 60.0 Å². The minimum Gasteiger partial charge on any atom is -0.497 e. The van der Waals surface area contributed by atoms with Crippen LogP contribution in [0.5, 0.6) is 5.75 Å². The number of aromatic nitrogens is 3. The zero-order chi connectivity index (χ0) is 30.7. The highest BCUT2D eigenvalue weighted by Gasteiger charge is 2.39. The molecule has 3 aromatic heterocycles. The first-order valence-electron chi connectivity index (χ1n) is 13.2. The predicted molar refractivity (Wildman–Crippen MR) is 158 cm³/mol. The molecule has 0 aliphatic heterocycles. The number of aryl methyl sites for hydroxylation is 1. The van der Waals surface area contributed by atoms with Gasteiger partial charge in [0.2, 0.25) is 0 Å². The van der Waals surface area contributed by atoms with Gasteiger partial charge in [0.15, 0.2) is 6.10 Å². The summed E-state index contributed by atoms with van der Waals surface area (Å²) in [4.78, 5) is 27.8. The Bertz CT molecular complexity index is 1780. The zero-order valence-electron chi connectivity index (χ0n) is 23.6. The third kappa shape index (κ3) is 6.73. The topological polar surface area (TPSA) is 100 Å². The number of alkyl halides is 3. The lowest BCUT2D eigenvalue weighted by atomic mass is 10.00. The number of carbonyl (C=O) groups excluding carboxylic acids is 1. The third-order valence-electron chi connectivity index (χ3n) is 6.97. The molecule has 2 aromatic carbocycles. The summed E-state index contributed by atoms with van der Waals surface area (Å²) in [6.07, 6.45) is -2.08. The molecule has 0 bridgehead atoms. The molecular formula is C32H28F3N5O3. The van der Waals surface area contributed by atoms with Gasteiger partial charge in [-0.3, -0.25) is 14.8 Å². The number of aliphatic hydroxyl groups excluding tert-OH is 1. The number of rotatable bonds is 8. The van der Waals surface area contributed by atoms with E-state index in [9.17, 15) is 23.1 Å². The third-order valence-corrected chi connectivity index (χ3v) is 6.97. The molecule has 0 radical (unpaired) electrons. The summed E-state index contributed by atoms with van der Waals surface area (Å²) >= 11 is 0. The number of halogens is 3. The number of carbonyl (C=O) groups is 1. The fourth-order valence-electron chi connectivity index (χ4n) is 4.59. The summed E-state index contributed by atoms with van der Waals surface area (Å²) in [7, 11) is 3.59. The van der Waals surface area contributed by atoms with Crippen molar-refractivity contribution in [2.45, 2.75) is 25.7 Å². The van der Waals surface area contributed by atoms with Crippen molar-refractivity contribution in [1.82, 2.24) is 15.0 Å². The number of hydrogen-bond donors (Lipinski definition) is 2. The molecule has 0 spiro atoms. The second-order valence-corrected chi connectivity index (χ2v) is 10.1. The van der Waals surface area contributed by atoms with Crippen LogP contribution < -0.4 is 15.0 Å². The second kappa shape index (κ2) is 12.1. The molecule has 5 aromatic rings. The van der Waals surface area contributed by atoms with Crippen molar-refractivity contribution < 1.29 is 27.8 Å². The van der Waals surface area contributed by atoms with Gasteiger partial charge in [0.05, 0.1) is 18.2 Å². The molecule has 0 unspecified atom stereocenters. The van der Waals surface area contributed by atoms with Crippen LogP contribution in [0.4, 0.5) is 24.7 Å². The number of nitrogens with zero attached hydrogens (tertiary/aromatic N) is 4. The van der Waals surface area contributed by atoms with Crippen molar-refractivity contribution in [1.29, 1.82) is 0 Å². The summed E-state index contributed by atoms with van der Waals surface area (Å²) < 4.78 is 44.0. The number of hydrogen-bond acceptors (Lipinski definition) is 7. The number of ether oxygens (including phenoxy) is 1. The Kier molecular flexibility index (Phi) is 8.27. The van der Waals surface area contributed by atoms with Crippen LogP contribution in [-0.2, 0) is 6.54 Å². The van der Waals surface area contributed by atoms with E-state index in [2.05, 4.69) is 20.3 Å². The number of benzene rings is 2. The van der Waals surface area contributed by atoms with Gasteiger partial charge in [0, 0.05) is 66.6 Å². The van der Waals surface area contributed by atoms with E-state index in [1.165, 1.54) is 0 Å². The molecule has 5 rings (SSSR count). The van der Waals surface area contributed by atoms with Crippen LogP contribution in [0.15, 0.2) is 85.5 Å². The number of nitrogens with one attached hydrogen (secondary N) is 1. The van der Waals surface area contributed by atoms with Gasteiger partial charge in [-0.2, -0.15) is 13.2 Å². The van der Waals surface area contributed by atoms with E-state index in [0.717, 1.165) is 63.2 Å². The van der Waals surface area contributed by atoms with Crippen LogP contribution in [0.3, 0.4) is 0 Å². The van der Waals surface area contributed by atoms with Crippen LogP contribution in [0.25, 0.3) is 22.0 Å². The van der Waals surface area contributed by atoms with E-state index < -0.39 is 23.8 Å². The Morgan fingerprint density at radius 1 is 1.00 bits per heavy atom. The number of methoxy groups -OCH3 is 1. The molecule has 3 heterocycles. The van der Waals surface area contributed by atoms with E-state index in [1.807, 2.05) is 61.3 Å². The maximum absolute atomic E-state index is 12.9. The van der Waals surface area contributed by atoms with Crippen molar-refractivity contribution in [2.75, 3.05) is 24.4 Å². The molecule has 0 saturated heterocycles. The van der Waals surface area contributed by atoms with Gasteiger partial charge >= 0.3 is 6.18 Å². The van der Waals surface area contributed by atoms with Gasteiger partial charge in [0.25, 0.3) is 5.91 Å². The number of aliphatic hydroxyl groups is 1. The highest BCUT2D eigenvalue weighted by Crippen LogP contribution is 2.33. The predicted octanol–water partition coefficient (Wildman–Crippen LogP) is 6.49. The van der Waals surface area contributed by atoms with Gasteiger partial charge in [-0.25, -0.2) is 4.98 Å². The number of pyridine rings is 3. The molecule has 8 nitrogen and oxygen atoms in total. The summed E-state index contributed by atoms with van der Waals surface area (Å²) in [5.74, 6) is 0.905. The van der Waals surface area contributed by atoms with Crippen molar-refractivity contribution in [3.05, 3.63) is 108 Å².